The largest absolute Gasteiger partial charge is 0.444 e. The van der Waals surface area contributed by atoms with Crippen LogP contribution in [0.5, 0.6) is 0 Å². The Morgan fingerprint density at radius 1 is 1.24 bits per heavy atom. The van der Waals surface area contributed by atoms with Crippen molar-refractivity contribution >= 4 is 11.9 Å². The first kappa shape index (κ1) is 15.9. The fraction of sp³-hybridized carbons (Fsp3) is 0.846. The monoisotopic (exact) mass is 243 g/mol. The van der Waals surface area contributed by atoms with Gasteiger partial charge < -0.3 is 10.1 Å². The normalized spacial score (nSPS) is 13.4. The van der Waals surface area contributed by atoms with Gasteiger partial charge >= 0.3 is 6.09 Å². The van der Waals surface area contributed by atoms with Crippen molar-refractivity contribution in [3.63, 3.8) is 0 Å². The minimum atomic E-state index is -0.542. The van der Waals surface area contributed by atoms with Crippen LogP contribution in [-0.4, -0.2) is 23.5 Å². The van der Waals surface area contributed by atoms with Gasteiger partial charge in [0.25, 0.3) is 0 Å². The van der Waals surface area contributed by atoms with Gasteiger partial charge in [-0.1, -0.05) is 20.8 Å². The summed E-state index contributed by atoms with van der Waals surface area (Å²) >= 11 is 0. The summed E-state index contributed by atoms with van der Waals surface area (Å²) in [6.45, 7) is 11.2. The molecule has 1 unspecified atom stereocenters. The second kappa shape index (κ2) is 6.62. The van der Waals surface area contributed by atoms with Crippen LogP contribution in [0.1, 0.15) is 54.4 Å². The first-order valence-electron chi connectivity index (χ1n) is 6.19. The van der Waals surface area contributed by atoms with Crippen molar-refractivity contribution in [1.82, 2.24) is 5.32 Å². The lowest BCUT2D eigenvalue weighted by Crippen LogP contribution is -2.46. The van der Waals surface area contributed by atoms with E-state index in [9.17, 15) is 9.59 Å². The predicted octanol–water partition coefficient (Wildman–Crippen LogP) is 2.90. The van der Waals surface area contributed by atoms with E-state index in [1.165, 1.54) is 0 Å². The Balaban J connectivity index is 4.46. The zero-order valence-corrected chi connectivity index (χ0v) is 11.8. The number of hydrogen-bond donors (Lipinski definition) is 1. The second-order valence-corrected chi connectivity index (χ2v) is 5.58. The van der Waals surface area contributed by atoms with E-state index in [4.69, 9.17) is 4.74 Å². The average Bonchev–Trinajstić information content (AvgIpc) is 2.11. The van der Waals surface area contributed by atoms with Crippen LogP contribution in [0.25, 0.3) is 0 Å². The van der Waals surface area contributed by atoms with Gasteiger partial charge in [0.15, 0.2) is 5.78 Å². The van der Waals surface area contributed by atoms with Crippen LogP contribution in [0.2, 0.25) is 0 Å². The Hall–Kier alpha value is -1.06. The van der Waals surface area contributed by atoms with E-state index in [1.807, 2.05) is 20.8 Å². The fourth-order valence-electron chi connectivity index (χ4n) is 1.46. The third-order valence-electron chi connectivity index (χ3n) is 2.18. The van der Waals surface area contributed by atoms with Crippen molar-refractivity contribution in [1.29, 1.82) is 0 Å². The van der Waals surface area contributed by atoms with E-state index in [0.717, 1.165) is 6.42 Å². The van der Waals surface area contributed by atoms with E-state index in [0.29, 0.717) is 6.42 Å². The smallest absolute Gasteiger partial charge is 0.408 e. The number of nitrogens with one attached hydrogen (secondary N) is 1. The number of carbonyl (C=O) groups is 2. The van der Waals surface area contributed by atoms with Crippen molar-refractivity contribution in [2.75, 3.05) is 0 Å². The van der Waals surface area contributed by atoms with Crippen molar-refractivity contribution in [3.05, 3.63) is 0 Å². The van der Waals surface area contributed by atoms with Gasteiger partial charge in [-0.3, -0.25) is 4.79 Å². The molecule has 0 bridgehead atoms. The first-order valence-corrected chi connectivity index (χ1v) is 6.19. The van der Waals surface area contributed by atoms with E-state index in [-0.39, 0.29) is 11.7 Å². The Morgan fingerprint density at radius 3 is 2.12 bits per heavy atom. The summed E-state index contributed by atoms with van der Waals surface area (Å²) in [4.78, 5) is 23.4. The summed E-state index contributed by atoms with van der Waals surface area (Å²) in [6.07, 6.45) is 0.747. The minimum absolute atomic E-state index is 0.0633. The van der Waals surface area contributed by atoms with Crippen LogP contribution in [0.15, 0.2) is 0 Å². The van der Waals surface area contributed by atoms with Gasteiger partial charge in [0.1, 0.15) is 5.60 Å². The summed E-state index contributed by atoms with van der Waals surface area (Å²) in [5.41, 5.74) is -0.542. The number of ketones is 1. The van der Waals surface area contributed by atoms with Crippen LogP contribution in [-0.2, 0) is 9.53 Å². The number of carbonyl (C=O) groups excluding carboxylic acids is 2. The van der Waals surface area contributed by atoms with Gasteiger partial charge in [0, 0.05) is 6.42 Å². The van der Waals surface area contributed by atoms with Crippen LogP contribution < -0.4 is 5.32 Å². The average molecular weight is 243 g/mol. The molecule has 0 saturated carbocycles. The van der Waals surface area contributed by atoms with E-state index in [1.54, 1.807) is 20.8 Å². The Labute approximate surface area is 104 Å². The minimum Gasteiger partial charge on any atom is -0.444 e. The van der Waals surface area contributed by atoms with Gasteiger partial charge in [-0.25, -0.2) is 4.79 Å². The zero-order chi connectivity index (χ0) is 13.6. The lowest BCUT2D eigenvalue weighted by atomic mass is 9.97. The molecule has 0 rings (SSSR count). The van der Waals surface area contributed by atoms with Gasteiger partial charge in [-0.2, -0.15) is 0 Å². The molecule has 0 aromatic rings. The second-order valence-electron chi connectivity index (χ2n) is 5.58. The zero-order valence-electron chi connectivity index (χ0n) is 11.8. The molecule has 0 spiro atoms. The molecule has 1 atom stereocenters. The molecule has 4 heteroatoms. The molecular formula is C13H25NO3. The van der Waals surface area contributed by atoms with Crippen molar-refractivity contribution in [2.24, 2.45) is 5.92 Å². The Morgan fingerprint density at radius 2 is 1.76 bits per heavy atom. The number of Topliss-reactive ketones (excluding diaryl/α,β-unsaturated/α-hetero) is 1. The fourth-order valence-corrected chi connectivity index (χ4v) is 1.46. The van der Waals surface area contributed by atoms with Gasteiger partial charge in [-0.05, 0) is 33.1 Å². The molecule has 0 fully saturated rings. The van der Waals surface area contributed by atoms with E-state index in [2.05, 4.69) is 5.32 Å². The lowest BCUT2D eigenvalue weighted by Gasteiger charge is -2.24. The highest BCUT2D eigenvalue weighted by Gasteiger charge is 2.25. The summed E-state index contributed by atoms with van der Waals surface area (Å²) in [7, 11) is 0. The number of rotatable bonds is 5. The first-order chi connectivity index (χ1) is 7.67. The quantitative estimate of drug-likeness (QED) is 0.807. The van der Waals surface area contributed by atoms with E-state index < -0.39 is 17.7 Å². The highest BCUT2D eigenvalue weighted by molar-refractivity contribution is 5.87. The maximum absolute atomic E-state index is 11.8. The topological polar surface area (TPSA) is 55.4 Å². The standard InChI is InChI=1S/C13H25NO3/c1-7-8-10(15)11(9(2)3)14-12(16)17-13(4,5)6/h9,11H,7-8H2,1-6H3,(H,14,16). The maximum Gasteiger partial charge on any atom is 0.408 e. The molecule has 0 aromatic heterocycles. The molecule has 0 aliphatic rings. The molecule has 17 heavy (non-hydrogen) atoms. The molecule has 100 valence electrons. The number of amides is 1. The van der Waals surface area contributed by atoms with Crippen molar-refractivity contribution in [3.8, 4) is 0 Å². The molecule has 0 aliphatic carbocycles. The van der Waals surface area contributed by atoms with Crippen LogP contribution in [0.3, 0.4) is 0 Å². The van der Waals surface area contributed by atoms with Crippen molar-refractivity contribution < 1.29 is 14.3 Å². The van der Waals surface area contributed by atoms with Crippen molar-refractivity contribution in [2.45, 2.75) is 66.0 Å². The SMILES string of the molecule is CCCC(=O)C(NC(=O)OC(C)(C)C)C(C)C. The summed E-state index contributed by atoms with van der Waals surface area (Å²) < 4.78 is 5.14. The van der Waals surface area contributed by atoms with E-state index >= 15 is 0 Å². The molecular weight excluding hydrogens is 218 g/mol. The molecule has 0 heterocycles. The number of hydrogen-bond acceptors (Lipinski definition) is 3. The Kier molecular flexibility index (Phi) is 6.21. The molecule has 0 aliphatic heterocycles. The molecule has 0 aromatic carbocycles. The third-order valence-corrected chi connectivity index (χ3v) is 2.18. The van der Waals surface area contributed by atoms with Crippen LogP contribution in [0.4, 0.5) is 4.79 Å². The highest BCUT2D eigenvalue weighted by atomic mass is 16.6. The van der Waals surface area contributed by atoms with Crippen LogP contribution in [0, 0.1) is 5.92 Å². The van der Waals surface area contributed by atoms with Crippen LogP contribution >= 0.6 is 0 Å². The van der Waals surface area contributed by atoms with Gasteiger partial charge in [0.2, 0.25) is 0 Å². The van der Waals surface area contributed by atoms with Gasteiger partial charge in [-0.15, -0.1) is 0 Å². The maximum atomic E-state index is 11.8. The molecule has 1 amide bonds. The summed E-state index contributed by atoms with van der Waals surface area (Å²) in [5.74, 6) is 0.134. The number of ether oxygens (including phenoxy) is 1. The summed E-state index contributed by atoms with van der Waals surface area (Å²) in [5, 5.41) is 2.65. The predicted molar refractivity (Wildman–Crippen MR) is 67.9 cm³/mol. The van der Waals surface area contributed by atoms with Gasteiger partial charge in [0.05, 0.1) is 6.04 Å². The lowest BCUT2D eigenvalue weighted by molar-refractivity contribution is -0.122. The molecule has 1 N–H and O–H groups in total. The highest BCUT2D eigenvalue weighted by Crippen LogP contribution is 2.10. The number of alkyl carbamates (subject to hydrolysis) is 1. The molecule has 0 radical (unpaired) electrons. The molecule has 4 nitrogen and oxygen atoms in total. The summed E-state index contributed by atoms with van der Waals surface area (Å²) in [6, 6.07) is -0.454. The third kappa shape index (κ3) is 6.97. The Bertz CT molecular complexity index is 266. The molecule has 0 saturated heterocycles.